The zero-order chi connectivity index (χ0) is 15.7. The third-order valence-corrected chi connectivity index (χ3v) is 3.30. The van der Waals surface area contributed by atoms with Crippen molar-refractivity contribution in [3.8, 4) is 0 Å². The van der Waals surface area contributed by atoms with Gasteiger partial charge in [0.05, 0.1) is 0 Å². The van der Waals surface area contributed by atoms with Crippen molar-refractivity contribution in [1.29, 1.82) is 0 Å². The van der Waals surface area contributed by atoms with Gasteiger partial charge in [0.25, 0.3) is 0 Å². The van der Waals surface area contributed by atoms with E-state index in [1.807, 2.05) is 5.32 Å². The number of alkyl halides is 5. The normalized spacial score (nSPS) is 36.3. The second kappa shape index (κ2) is 5.95. The Morgan fingerprint density at radius 1 is 0.905 bits per heavy atom. The third-order valence-electron chi connectivity index (χ3n) is 3.30. The molecule has 21 heavy (non-hydrogen) atoms. The van der Waals surface area contributed by atoms with Gasteiger partial charge in [-0.3, -0.25) is 4.79 Å². The molecule has 1 aliphatic rings. The average Bonchev–Trinajstić information content (AvgIpc) is 2.43. The van der Waals surface area contributed by atoms with Gasteiger partial charge in [-0.2, -0.15) is 0 Å². The number of benzene rings is 1. The Morgan fingerprint density at radius 3 is 1.95 bits per heavy atom. The molecule has 1 aromatic carbocycles. The Labute approximate surface area is 116 Å². The molecule has 1 N–H and O–H groups in total. The molecule has 1 saturated carbocycles. The highest BCUT2D eigenvalue weighted by atomic mass is 19.2. The zero-order valence-electron chi connectivity index (χ0n) is 10.4. The van der Waals surface area contributed by atoms with E-state index >= 15 is 0 Å². The van der Waals surface area contributed by atoms with Crippen LogP contribution in [0.4, 0.5) is 32.0 Å². The van der Waals surface area contributed by atoms with Crippen LogP contribution in [0.5, 0.6) is 0 Å². The molecule has 0 saturated heterocycles. The van der Waals surface area contributed by atoms with E-state index < -0.39 is 48.5 Å². The SMILES string of the molecule is O=C(Nc1cccc(F)c1)C1[C@H](F)[C@H](F)C(F)[C@@H](F)[C@H]1F. The first-order valence-electron chi connectivity index (χ1n) is 6.09. The minimum atomic E-state index is -2.96. The van der Waals surface area contributed by atoms with Crippen molar-refractivity contribution in [1.82, 2.24) is 0 Å². The summed E-state index contributed by atoms with van der Waals surface area (Å²) in [5.41, 5.74) is -0.132. The smallest absolute Gasteiger partial charge is 0.233 e. The van der Waals surface area contributed by atoms with Crippen LogP contribution in [0, 0.1) is 11.7 Å². The van der Waals surface area contributed by atoms with Gasteiger partial charge in [0.15, 0.2) is 18.5 Å². The largest absolute Gasteiger partial charge is 0.326 e. The number of carbonyl (C=O) groups is 1. The summed E-state index contributed by atoms with van der Waals surface area (Å²) in [7, 11) is 0. The maximum atomic E-state index is 13.6. The van der Waals surface area contributed by atoms with Gasteiger partial charge < -0.3 is 5.32 Å². The minimum Gasteiger partial charge on any atom is -0.326 e. The van der Waals surface area contributed by atoms with Gasteiger partial charge >= 0.3 is 0 Å². The van der Waals surface area contributed by atoms with Gasteiger partial charge in [0.1, 0.15) is 24.1 Å². The lowest BCUT2D eigenvalue weighted by atomic mass is 9.81. The molecule has 0 unspecified atom stereocenters. The molecule has 116 valence electrons. The summed E-state index contributed by atoms with van der Waals surface area (Å²) < 4.78 is 79.5. The monoisotopic (exact) mass is 311 g/mol. The fourth-order valence-electron chi connectivity index (χ4n) is 2.18. The Kier molecular flexibility index (Phi) is 4.43. The highest BCUT2D eigenvalue weighted by molar-refractivity contribution is 5.93. The second-order valence-electron chi connectivity index (χ2n) is 4.75. The molecule has 2 rings (SSSR count). The van der Waals surface area contributed by atoms with Crippen LogP contribution in [0.2, 0.25) is 0 Å². The molecule has 1 fully saturated rings. The lowest BCUT2D eigenvalue weighted by Crippen LogP contribution is -2.56. The maximum absolute atomic E-state index is 13.6. The van der Waals surface area contributed by atoms with Crippen molar-refractivity contribution < 1.29 is 31.1 Å². The van der Waals surface area contributed by atoms with E-state index in [9.17, 15) is 31.1 Å². The van der Waals surface area contributed by atoms with Gasteiger partial charge in [-0.15, -0.1) is 0 Å². The Morgan fingerprint density at radius 2 is 1.43 bits per heavy atom. The van der Waals surface area contributed by atoms with Gasteiger partial charge in [-0.25, -0.2) is 26.3 Å². The quantitative estimate of drug-likeness (QED) is 0.836. The molecular formula is C13H11F6NO. The van der Waals surface area contributed by atoms with Gasteiger partial charge in [0.2, 0.25) is 5.91 Å². The molecule has 0 aromatic heterocycles. The fourth-order valence-corrected chi connectivity index (χ4v) is 2.18. The molecule has 2 nitrogen and oxygen atoms in total. The van der Waals surface area contributed by atoms with E-state index in [1.54, 1.807) is 0 Å². The molecule has 1 aromatic rings. The summed E-state index contributed by atoms with van der Waals surface area (Å²) in [5, 5.41) is 1.95. The minimum absolute atomic E-state index is 0.132. The van der Waals surface area contributed by atoms with Crippen LogP contribution in [0.25, 0.3) is 0 Å². The highest BCUT2D eigenvalue weighted by Gasteiger charge is 2.56. The first-order valence-corrected chi connectivity index (χ1v) is 6.09. The lowest BCUT2D eigenvalue weighted by molar-refractivity contribution is -0.138. The highest BCUT2D eigenvalue weighted by Crippen LogP contribution is 2.36. The van der Waals surface area contributed by atoms with E-state index in [-0.39, 0.29) is 5.69 Å². The van der Waals surface area contributed by atoms with Crippen LogP contribution in [-0.4, -0.2) is 36.8 Å². The van der Waals surface area contributed by atoms with Gasteiger partial charge in [0, 0.05) is 5.69 Å². The van der Waals surface area contributed by atoms with Crippen molar-refractivity contribution in [2.45, 2.75) is 30.9 Å². The van der Waals surface area contributed by atoms with Crippen LogP contribution < -0.4 is 5.32 Å². The van der Waals surface area contributed by atoms with E-state index in [1.165, 1.54) is 12.1 Å². The summed E-state index contributed by atoms with van der Waals surface area (Å²) in [6.07, 6.45) is -14.5. The van der Waals surface area contributed by atoms with Crippen LogP contribution in [0.3, 0.4) is 0 Å². The fraction of sp³-hybridized carbons (Fsp3) is 0.462. The predicted octanol–water partition coefficient (Wildman–Crippen LogP) is 3.08. The Hall–Kier alpha value is -1.73. The summed E-state index contributed by atoms with van der Waals surface area (Å²) in [6.45, 7) is 0. The number of nitrogens with one attached hydrogen (secondary N) is 1. The van der Waals surface area contributed by atoms with Crippen molar-refractivity contribution in [3.63, 3.8) is 0 Å². The van der Waals surface area contributed by atoms with E-state index in [0.29, 0.717) is 0 Å². The maximum Gasteiger partial charge on any atom is 0.233 e. The van der Waals surface area contributed by atoms with Crippen LogP contribution in [-0.2, 0) is 4.79 Å². The second-order valence-corrected chi connectivity index (χ2v) is 4.75. The Bertz CT molecular complexity index is 511. The topological polar surface area (TPSA) is 29.1 Å². The van der Waals surface area contributed by atoms with Crippen LogP contribution in [0.15, 0.2) is 24.3 Å². The van der Waals surface area contributed by atoms with Crippen molar-refractivity contribution in [3.05, 3.63) is 30.1 Å². The molecule has 0 heterocycles. The number of carbonyl (C=O) groups excluding carboxylic acids is 1. The van der Waals surface area contributed by atoms with E-state index in [4.69, 9.17) is 0 Å². The molecule has 0 aliphatic heterocycles. The summed E-state index contributed by atoms with van der Waals surface area (Å²) >= 11 is 0. The Balaban J connectivity index is 2.17. The summed E-state index contributed by atoms with van der Waals surface area (Å²) in [4.78, 5) is 11.7. The molecular weight excluding hydrogens is 300 g/mol. The van der Waals surface area contributed by atoms with Crippen molar-refractivity contribution >= 4 is 11.6 Å². The molecule has 1 aliphatic carbocycles. The third kappa shape index (κ3) is 2.98. The van der Waals surface area contributed by atoms with Crippen LogP contribution >= 0.6 is 0 Å². The van der Waals surface area contributed by atoms with Crippen molar-refractivity contribution in [2.24, 2.45) is 5.92 Å². The number of amides is 1. The number of halogens is 6. The standard InChI is InChI=1S/C13H11F6NO/c14-5-2-1-3-6(4-5)20-13(21)7-8(15)10(17)12(19)11(18)9(7)16/h1-4,7-12H,(H,20,21)/t7?,8-,9-,10-,11-,12?/m0/s1. The van der Waals surface area contributed by atoms with Crippen molar-refractivity contribution in [2.75, 3.05) is 5.32 Å². The number of hydrogen-bond donors (Lipinski definition) is 1. The number of rotatable bonds is 2. The van der Waals surface area contributed by atoms with Gasteiger partial charge in [-0.05, 0) is 18.2 Å². The first-order chi connectivity index (χ1) is 9.82. The number of anilines is 1. The molecule has 1 amide bonds. The predicted molar refractivity (Wildman–Crippen MR) is 63.0 cm³/mol. The van der Waals surface area contributed by atoms with E-state index in [2.05, 4.69) is 0 Å². The lowest BCUT2D eigenvalue weighted by Gasteiger charge is -2.35. The molecule has 8 heteroatoms. The van der Waals surface area contributed by atoms with Gasteiger partial charge in [-0.1, -0.05) is 6.07 Å². The average molecular weight is 311 g/mol. The zero-order valence-corrected chi connectivity index (χ0v) is 10.4. The molecule has 0 radical (unpaired) electrons. The molecule has 4 atom stereocenters. The van der Waals surface area contributed by atoms with Crippen LogP contribution in [0.1, 0.15) is 0 Å². The van der Waals surface area contributed by atoms with E-state index in [0.717, 1.165) is 12.1 Å². The first kappa shape index (κ1) is 15.7. The molecule has 0 spiro atoms. The number of hydrogen-bond acceptors (Lipinski definition) is 1. The summed E-state index contributed by atoms with van der Waals surface area (Å²) in [6, 6.07) is 4.37. The molecule has 0 bridgehead atoms. The summed E-state index contributed by atoms with van der Waals surface area (Å²) in [5.74, 6) is -4.44.